The molecule has 0 radical (unpaired) electrons. The number of piperazine rings is 1. The molecule has 0 bridgehead atoms. The third kappa shape index (κ3) is 6.40. The number of amides is 1. The molecule has 1 amide bonds. The Hall–Kier alpha value is -1.67. The van der Waals surface area contributed by atoms with Gasteiger partial charge < -0.3 is 10.2 Å². The summed E-state index contributed by atoms with van der Waals surface area (Å²) in [5.41, 5.74) is 0.973. The van der Waals surface area contributed by atoms with Crippen molar-refractivity contribution in [3.05, 3.63) is 24.3 Å². The van der Waals surface area contributed by atoms with Crippen molar-refractivity contribution in [1.29, 1.82) is 0 Å². The van der Waals surface area contributed by atoms with Gasteiger partial charge >= 0.3 is 0 Å². The van der Waals surface area contributed by atoms with Crippen molar-refractivity contribution in [3.63, 3.8) is 0 Å². The number of benzene rings is 1. The summed E-state index contributed by atoms with van der Waals surface area (Å²) >= 11 is 0. The molecule has 2 aliphatic rings. The second-order valence-electron chi connectivity index (χ2n) is 8.31. The maximum atomic E-state index is 12.3. The van der Waals surface area contributed by atoms with Gasteiger partial charge in [0.1, 0.15) is 0 Å². The molecule has 3 rings (SSSR count). The van der Waals surface area contributed by atoms with Gasteiger partial charge in [0, 0.05) is 44.2 Å². The third-order valence-corrected chi connectivity index (χ3v) is 7.28. The Morgan fingerprint density at radius 2 is 1.83 bits per heavy atom. The highest BCUT2D eigenvalue weighted by Crippen LogP contribution is 2.27. The molecule has 1 aromatic carbocycles. The van der Waals surface area contributed by atoms with Gasteiger partial charge in [-0.15, -0.1) is 0 Å². The van der Waals surface area contributed by atoms with Crippen LogP contribution in [0.25, 0.3) is 0 Å². The lowest BCUT2D eigenvalue weighted by atomic mass is 9.84. The van der Waals surface area contributed by atoms with Gasteiger partial charge in [0.2, 0.25) is 0 Å². The zero-order valence-corrected chi connectivity index (χ0v) is 18.0. The number of carbonyl (C=O) groups excluding carboxylic acids is 1. The average Bonchev–Trinajstić information content (AvgIpc) is 2.73. The van der Waals surface area contributed by atoms with Crippen LogP contribution in [0.4, 0.5) is 10.1 Å². The first-order chi connectivity index (χ1) is 13.8. The zero-order valence-electron chi connectivity index (χ0n) is 17.1. The van der Waals surface area contributed by atoms with E-state index in [9.17, 15) is 17.6 Å². The highest BCUT2D eigenvalue weighted by atomic mass is 32.2. The van der Waals surface area contributed by atoms with E-state index < -0.39 is 22.4 Å². The molecule has 2 fully saturated rings. The van der Waals surface area contributed by atoms with Crippen LogP contribution >= 0.6 is 0 Å². The smallest absolute Gasteiger partial charge is 0.251 e. The summed E-state index contributed by atoms with van der Waals surface area (Å²) in [6.07, 6.45) is 6.48. The molecule has 29 heavy (non-hydrogen) atoms. The fourth-order valence-electron chi connectivity index (χ4n) is 4.37. The van der Waals surface area contributed by atoms with Crippen molar-refractivity contribution < 1.29 is 17.6 Å². The average molecular weight is 426 g/mol. The standard InChI is InChI=1S/C21H32FN3O3S/c1-29(27,28)20-4-2-3-19(15-20)25-13-11-24(12-14-25)10-9-17-5-7-18(8-6-17)23-21(26)16-22/h2-4,15,17-18H,5-14,16H2,1H3,(H,23,26). The van der Waals surface area contributed by atoms with Crippen LogP contribution < -0.4 is 10.2 Å². The Kier molecular flexibility index (Phi) is 7.51. The summed E-state index contributed by atoms with van der Waals surface area (Å²) < 4.78 is 35.9. The molecule has 1 saturated heterocycles. The van der Waals surface area contributed by atoms with E-state index in [1.54, 1.807) is 12.1 Å². The summed E-state index contributed by atoms with van der Waals surface area (Å²) in [7, 11) is -3.19. The molecule has 162 valence electrons. The second kappa shape index (κ2) is 9.89. The molecule has 1 aliphatic heterocycles. The van der Waals surface area contributed by atoms with Crippen LogP contribution in [0.3, 0.4) is 0 Å². The molecule has 0 aromatic heterocycles. The van der Waals surface area contributed by atoms with Gasteiger partial charge in [-0.3, -0.25) is 9.69 Å². The molecule has 1 saturated carbocycles. The number of anilines is 1. The third-order valence-electron chi connectivity index (χ3n) is 6.17. The number of sulfone groups is 1. The van der Waals surface area contributed by atoms with E-state index in [1.807, 2.05) is 12.1 Å². The summed E-state index contributed by atoms with van der Waals surface area (Å²) in [6, 6.07) is 7.34. The second-order valence-corrected chi connectivity index (χ2v) is 10.3. The lowest BCUT2D eigenvalue weighted by Crippen LogP contribution is -2.47. The van der Waals surface area contributed by atoms with Crippen molar-refractivity contribution in [3.8, 4) is 0 Å². The molecule has 0 unspecified atom stereocenters. The Balaban J connectivity index is 1.39. The molecule has 6 nitrogen and oxygen atoms in total. The Morgan fingerprint density at radius 3 is 2.45 bits per heavy atom. The number of nitrogens with one attached hydrogen (secondary N) is 1. The number of carbonyl (C=O) groups is 1. The maximum absolute atomic E-state index is 12.3. The van der Waals surface area contributed by atoms with Gasteiger partial charge in [0.25, 0.3) is 5.91 Å². The van der Waals surface area contributed by atoms with Gasteiger partial charge in [-0.25, -0.2) is 12.8 Å². The van der Waals surface area contributed by atoms with Crippen molar-refractivity contribution >= 4 is 21.4 Å². The van der Waals surface area contributed by atoms with E-state index in [-0.39, 0.29) is 6.04 Å². The van der Waals surface area contributed by atoms with E-state index in [4.69, 9.17) is 0 Å². The number of alkyl halides is 1. The first-order valence-electron chi connectivity index (χ1n) is 10.5. The molecular formula is C21H32FN3O3S. The number of hydrogen-bond acceptors (Lipinski definition) is 5. The van der Waals surface area contributed by atoms with Crippen LogP contribution in [0.5, 0.6) is 0 Å². The zero-order chi connectivity index (χ0) is 20.9. The Bertz CT molecular complexity index is 786. The van der Waals surface area contributed by atoms with Crippen LogP contribution in [0.15, 0.2) is 29.2 Å². The highest BCUT2D eigenvalue weighted by Gasteiger charge is 2.24. The normalized spacial score (nSPS) is 23.7. The van der Waals surface area contributed by atoms with Gasteiger partial charge in [0.15, 0.2) is 16.5 Å². The minimum absolute atomic E-state index is 0.140. The molecular weight excluding hydrogens is 393 g/mol. The van der Waals surface area contributed by atoms with Crippen LogP contribution in [0.2, 0.25) is 0 Å². The fraction of sp³-hybridized carbons (Fsp3) is 0.667. The lowest BCUT2D eigenvalue weighted by molar-refractivity contribution is -0.122. The topological polar surface area (TPSA) is 69.7 Å². The van der Waals surface area contributed by atoms with E-state index in [0.29, 0.717) is 10.8 Å². The van der Waals surface area contributed by atoms with Gasteiger partial charge in [0.05, 0.1) is 4.90 Å². The van der Waals surface area contributed by atoms with Crippen molar-refractivity contribution in [1.82, 2.24) is 10.2 Å². The minimum Gasteiger partial charge on any atom is -0.369 e. The summed E-state index contributed by atoms with van der Waals surface area (Å²) in [5, 5.41) is 2.76. The molecule has 1 N–H and O–H groups in total. The SMILES string of the molecule is CS(=O)(=O)c1cccc(N2CCN(CCC3CCC(NC(=O)CF)CC3)CC2)c1. The number of nitrogens with zero attached hydrogens (tertiary/aromatic N) is 2. The number of hydrogen-bond donors (Lipinski definition) is 1. The Labute approximate surface area is 173 Å². The first kappa shape index (κ1) is 22.0. The van der Waals surface area contributed by atoms with Gasteiger partial charge in [-0.2, -0.15) is 0 Å². The summed E-state index contributed by atoms with van der Waals surface area (Å²) in [4.78, 5) is 16.3. The van der Waals surface area contributed by atoms with Crippen LogP contribution in [-0.2, 0) is 14.6 Å². The Morgan fingerprint density at radius 1 is 1.14 bits per heavy atom. The largest absolute Gasteiger partial charge is 0.369 e. The summed E-state index contributed by atoms with van der Waals surface area (Å²) in [5.74, 6) is 0.186. The summed E-state index contributed by atoms with van der Waals surface area (Å²) in [6.45, 7) is 3.90. The molecule has 0 spiro atoms. The molecule has 1 aliphatic carbocycles. The predicted octanol–water partition coefficient (Wildman–Crippen LogP) is 2.25. The van der Waals surface area contributed by atoms with E-state index in [1.165, 1.54) is 6.26 Å². The molecule has 0 atom stereocenters. The number of halogens is 1. The first-order valence-corrected chi connectivity index (χ1v) is 12.4. The van der Waals surface area contributed by atoms with Crippen molar-refractivity contribution in [2.24, 2.45) is 5.92 Å². The monoisotopic (exact) mass is 425 g/mol. The molecule has 1 heterocycles. The number of rotatable bonds is 7. The fourth-order valence-corrected chi connectivity index (χ4v) is 5.03. The van der Waals surface area contributed by atoms with E-state index in [2.05, 4.69) is 15.1 Å². The quantitative estimate of drug-likeness (QED) is 0.726. The van der Waals surface area contributed by atoms with Crippen LogP contribution in [0, 0.1) is 5.92 Å². The molecule has 8 heteroatoms. The highest BCUT2D eigenvalue weighted by molar-refractivity contribution is 7.90. The van der Waals surface area contributed by atoms with E-state index in [0.717, 1.165) is 70.5 Å². The lowest BCUT2D eigenvalue weighted by Gasteiger charge is -2.37. The van der Waals surface area contributed by atoms with Crippen molar-refractivity contribution in [2.45, 2.75) is 43.0 Å². The van der Waals surface area contributed by atoms with Gasteiger partial charge in [-0.05, 0) is 62.8 Å². The van der Waals surface area contributed by atoms with Crippen LogP contribution in [0.1, 0.15) is 32.1 Å². The molecule has 1 aromatic rings. The predicted molar refractivity (Wildman–Crippen MR) is 113 cm³/mol. The van der Waals surface area contributed by atoms with Gasteiger partial charge in [-0.1, -0.05) is 6.07 Å². The maximum Gasteiger partial charge on any atom is 0.251 e. The van der Waals surface area contributed by atoms with E-state index >= 15 is 0 Å². The van der Waals surface area contributed by atoms with Crippen LogP contribution in [-0.4, -0.2) is 70.9 Å². The minimum atomic E-state index is -3.19. The van der Waals surface area contributed by atoms with Crippen molar-refractivity contribution in [2.75, 3.05) is 50.6 Å².